The Labute approximate surface area is 85.9 Å². The zero-order chi connectivity index (χ0) is 10.8. The molecule has 0 aliphatic carbocycles. The molecule has 0 aliphatic rings. The summed E-state index contributed by atoms with van der Waals surface area (Å²) in [6, 6.07) is 0. The quantitative estimate of drug-likeness (QED) is 0.572. The van der Waals surface area contributed by atoms with Gasteiger partial charge in [0.25, 0.3) is 0 Å². The first-order chi connectivity index (χ1) is 6.70. The van der Waals surface area contributed by atoms with Crippen LogP contribution in [0.4, 0.5) is 0 Å². The third-order valence-corrected chi connectivity index (χ3v) is 2.00. The third kappa shape index (κ3) is 8.01. The molecule has 1 N–H and O–H groups in total. The smallest absolute Gasteiger partial charge is 0.304 e. The molecule has 84 valence electrons. The number of hydrogen-bond donors (Lipinski definition) is 1. The minimum atomic E-state index is -0.724. The van der Waals surface area contributed by atoms with Gasteiger partial charge in [0.05, 0.1) is 6.42 Å². The van der Waals surface area contributed by atoms with Crippen LogP contribution in [0.3, 0.4) is 0 Å². The van der Waals surface area contributed by atoms with Gasteiger partial charge in [0.2, 0.25) is 0 Å². The van der Waals surface area contributed by atoms with Gasteiger partial charge in [-0.15, -0.1) is 0 Å². The van der Waals surface area contributed by atoms with Crippen molar-refractivity contribution in [2.24, 2.45) is 0 Å². The van der Waals surface area contributed by atoms with E-state index in [0.29, 0.717) is 6.54 Å². The highest BCUT2D eigenvalue weighted by atomic mass is 16.5. The van der Waals surface area contributed by atoms with E-state index < -0.39 is 5.97 Å². The Hall–Kier alpha value is -0.610. The molecule has 0 aliphatic heterocycles. The summed E-state index contributed by atoms with van der Waals surface area (Å²) in [4.78, 5) is 12.6. The Bertz CT molecular complexity index is 150. The molecule has 4 nitrogen and oxygen atoms in total. The number of ether oxygens (including phenoxy) is 1. The molecule has 4 heteroatoms. The van der Waals surface area contributed by atoms with Gasteiger partial charge in [-0.1, -0.05) is 6.92 Å². The van der Waals surface area contributed by atoms with E-state index >= 15 is 0 Å². The second-order valence-electron chi connectivity index (χ2n) is 3.33. The van der Waals surface area contributed by atoms with E-state index in [-0.39, 0.29) is 6.42 Å². The molecule has 0 aromatic heterocycles. The molecule has 0 fully saturated rings. The first-order valence-electron chi connectivity index (χ1n) is 5.13. The van der Waals surface area contributed by atoms with Gasteiger partial charge in [0.15, 0.2) is 0 Å². The number of rotatable bonds is 9. The zero-order valence-electron chi connectivity index (χ0n) is 9.16. The SMILES string of the molecule is CCCN(CCCOC)CCC(=O)O. The fourth-order valence-corrected chi connectivity index (χ4v) is 1.34. The molecule has 14 heavy (non-hydrogen) atoms. The average Bonchev–Trinajstić information content (AvgIpc) is 2.14. The fourth-order valence-electron chi connectivity index (χ4n) is 1.34. The lowest BCUT2D eigenvalue weighted by molar-refractivity contribution is -0.137. The minimum absolute atomic E-state index is 0.229. The Balaban J connectivity index is 3.59. The minimum Gasteiger partial charge on any atom is -0.481 e. The van der Waals surface area contributed by atoms with Crippen LogP contribution < -0.4 is 0 Å². The van der Waals surface area contributed by atoms with Gasteiger partial charge >= 0.3 is 5.97 Å². The molecule has 0 unspecified atom stereocenters. The van der Waals surface area contributed by atoms with E-state index in [9.17, 15) is 4.79 Å². The molecule has 0 spiro atoms. The molecule has 0 radical (unpaired) electrons. The summed E-state index contributed by atoms with van der Waals surface area (Å²) in [5, 5.41) is 8.55. The Kier molecular flexibility index (Phi) is 8.57. The Morgan fingerprint density at radius 2 is 2.07 bits per heavy atom. The van der Waals surface area contributed by atoms with E-state index in [2.05, 4.69) is 11.8 Å². The van der Waals surface area contributed by atoms with Crippen molar-refractivity contribution < 1.29 is 14.6 Å². The van der Waals surface area contributed by atoms with Gasteiger partial charge < -0.3 is 14.7 Å². The van der Waals surface area contributed by atoms with Gasteiger partial charge in [-0.25, -0.2) is 0 Å². The summed E-state index contributed by atoms with van der Waals surface area (Å²) in [5.41, 5.74) is 0. The molecule has 0 saturated carbocycles. The number of aliphatic carboxylic acids is 1. The highest BCUT2D eigenvalue weighted by Crippen LogP contribution is 1.96. The van der Waals surface area contributed by atoms with Gasteiger partial charge in [0.1, 0.15) is 0 Å². The maximum atomic E-state index is 10.4. The van der Waals surface area contributed by atoms with Gasteiger partial charge in [-0.05, 0) is 19.4 Å². The van der Waals surface area contributed by atoms with Crippen LogP contribution >= 0.6 is 0 Å². The van der Waals surface area contributed by atoms with Crippen LogP contribution in [0.15, 0.2) is 0 Å². The summed E-state index contributed by atoms with van der Waals surface area (Å²) >= 11 is 0. The summed E-state index contributed by atoms with van der Waals surface area (Å²) in [5.74, 6) is -0.724. The molecular weight excluding hydrogens is 182 g/mol. The predicted octanol–water partition coefficient (Wildman–Crippen LogP) is 1.21. The van der Waals surface area contributed by atoms with Crippen LogP contribution in [0.1, 0.15) is 26.2 Å². The van der Waals surface area contributed by atoms with Crippen LogP contribution in [0, 0.1) is 0 Å². The Morgan fingerprint density at radius 1 is 1.36 bits per heavy atom. The highest BCUT2D eigenvalue weighted by Gasteiger charge is 2.05. The predicted molar refractivity (Wildman–Crippen MR) is 55.5 cm³/mol. The summed E-state index contributed by atoms with van der Waals surface area (Å²) in [6.45, 7) is 5.39. The van der Waals surface area contributed by atoms with Crippen molar-refractivity contribution in [2.45, 2.75) is 26.2 Å². The van der Waals surface area contributed by atoms with E-state index in [4.69, 9.17) is 9.84 Å². The molecule has 0 rings (SSSR count). The van der Waals surface area contributed by atoms with Gasteiger partial charge in [0, 0.05) is 26.8 Å². The zero-order valence-corrected chi connectivity index (χ0v) is 9.16. The van der Waals surface area contributed by atoms with Crippen LogP contribution in [0.5, 0.6) is 0 Å². The first-order valence-corrected chi connectivity index (χ1v) is 5.13. The van der Waals surface area contributed by atoms with Crippen LogP contribution in [0.2, 0.25) is 0 Å². The van der Waals surface area contributed by atoms with Crippen LogP contribution in [0.25, 0.3) is 0 Å². The molecule has 0 heterocycles. The molecule has 0 bridgehead atoms. The topological polar surface area (TPSA) is 49.8 Å². The fraction of sp³-hybridized carbons (Fsp3) is 0.900. The van der Waals surface area contributed by atoms with E-state index in [1.807, 2.05) is 0 Å². The molecule has 0 atom stereocenters. The Morgan fingerprint density at radius 3 is 2.57 bits per heavy atom. The van der Waals surface area contributed by atoms with Gasteiger partial charge in [-0.2, -0.15) is 0 Å². The standard InChI is InChI=1S/C10H21NO3/c1-3-6-11(7-4-9-14-2)8-5-10(12)13/h3-9H2,1-2H3,(H,12,13). The number of nitrogens with zero attached hydrogens (tertiary/aromatic N) is 1. The van der Waals surface area contributed by atoms with Crippen molar-refractivity contribution in [1.82, 2.24) is 4.90 Å². The van der Waals surface area contributed by atoms with Crippen molar-refractivity contribution in [3.05, 3.63) is 0 Å². The van der Waals surface area contributed by atoms with Crippen molar-refractivity contribution in [3.63, 3.8) is 0 Å². The number of methoxy groups -OCH3 is 1. The maximum absolute atomic E-state index is 10.4. The second-order valence-corrected chi connectivity index (χ2v) is 3.33. The first kappa shape index (κ1) is 13.4. The van der Waals surface area contributed by atoms with Gasteiger partial charge in [-0.3, -0.25) is 4.79 Å². The van der Waals surface area contributed by atoms with Crippen LogP contribution in [-0.4, -0.2) is 49.3 Å². The van der Waals surface area contributed by atoms with E-state index in [1.54, 1.807) is 7.11 Å². The monoisotopic (exact) mass is 203 g/mol. The lowest BCUT2D eigenvalue weighted by Gasteiger charge is -2.20. The number of hydrogen-bond acceptors (Lipinski definition) is 3. The maximum Gasteiger partial charge on any atom is 0.304 e. The van der Waals surface area contributed by atoms with Crippen LogP contribution in [-0.2, 0) is 9.53 Å². The molecule has 0 amide bonds. The second kappa shape index (κ2) is 8.97. The summed E-state index contributed by atoms with van der Waals surface area (Å²) < 4.78 is 4.95. The number of carboxylic acids is 1. The largest absolute Gasteiger partial charge is 0.481 e. The number of carboxylic acid groups (broad SMARTS) is 1. The lowest BCUT2D eigenvalue weighted by atomic mass is 10.3. The van der Waals surface area contributed by atoms with Crippen molar-refractivity contribution >= 4 is 5.97 Å². The summed E-state index contributed by atoms with van der Waals surface area (Å²) in [6.07, 6.45) is 2.26. The van der Waals surface area contributed by atoms with Crippen molar-refractivity contribution in [3.8, 4) is 0 Å². The highest BCUT2D eigenvalue weighted by molar-refractivity contribution is 5.66. The molecule has 0 aromatic rings. The molecule has 0 saturated heterocycles. The average molecular weight is 203 g/mol. The molecule has 0 aromatic carbocycles. The normalized spacial score (nSPS) is 10.8. The number of carbonyl (C=O) groups is 1. The third-order valence-electron chi connectivity index (χ3n) is 2.00. The van der Waals surface area contributed by atoms with Crippen molar-refractivity contribution in [1.29, 1.82) is 0 Å². The van der Waals surface area contributed by atoms with E-state index in [1.165, 1.54) is 0 Å². The van der Waals surface area contributed by atoms with Crippen molar-refractivity contribution in [2.75, 3.05) is 33.4 Å². The lowest BCUT2D eigenvalue weighted by Crippen LogP contribution is -2.29. The summed E-state index contributed by atoms with van der Waals surface area (Å²) in [7, 11) is 1.68. The molecular formula is C10H21NO3. The van der Waals surface area contributed by atoms with E-state index in [0.717, 1.165) is 32.5 Å².